The minimum Gasteiger partial charge on any atom is -0.497 e. The molecule has 5 heteroatoms. The second-order valence-electron chi connectivity index (χ2n) is 5.98. The molecule has 0 saturated carbocycles. The van der Waals surface area contributed by atoms with Gasteiger partial charge in [0, 0.05) is 6.54 Å². The summed E-state index contributed by atoms with van der Waals surface area (Å²) in [6.45, 7) is 2.74. The topological polar surface area (TPSA) is 67.8 Å². The van der Waals surface area contributed by atoms with E-state index in [1.165, 1.54) is 0 Å². The third-order valence-electron chi connectivity index (χ3n) is 3.76. The van der Waals surface area contributed by atoms with Crippen LogP contribution in [0.4, 0.5) is 0 Å². The van der Waals surface area contributed by atoms with Gasteiger partial charge >= 0.3 is 0 Å². The van der Waals surface area contributed by atoms with Gasteiger partial charge in [-0.05, 0) is 30.2 Å². The minimum atomic E-state index is -0.736. The van der Waals surface area contributed by atoms with Crippen LogP contribution < -0.4 is 10.1 Å². The van der Waals surface area contributed by atoms with Crippen molar-refractivity contribution in [3.05, 3.63) is 65.2 Å². The zero-order chi connectivity index (χ0) is 18.1. The van der Waals surface area contributed by atoms with Gasteiger partial charge in [0.15, 0.2) is 0 Å². The van der Waals surface area contributed by atoms with Crippen molar-refractivity contribution in [3.8, 4) is 5.75 Å². The number of benzene rings is 2. The molecule has 25 heavy (non-hydrogen) atoms. The summed E-state index contributed by atoms with van der Waals surface area (Å²) < 4.78 is 10.6. The van der Waals surface area contributed by atoms with Gasteiger partial charge in [0.25, 0.3) is 0 Å². The van der Waals surface area contributed by atoms with Crippen molar-refractivity contribution >= 4 is 5.91 Å². The molecular weight excluding hydrogens is 318 g/mol. The molecule has 0 spiro atoms. The molecule has 0 heterocycles. The Morgan fingerprint density at radius 3 is 2.36 bits per heavy atom. The highest BCUT2D eigenvalue weighted by Gasteiger charge is 2.08. The van der Waals surface area contributed by atoms with Gasteiger partial charge in [-0.2, -0.15) is 0 Å². The van der Waals surface area contributed by atoms with E-state index in [2.05, 4.69) is 5.32 Å². The molecule has 5 nitrogen and oxygen atoms in total. The summed E-state index contributed by atoms with van der Waals surface area (Å²) in [5, 5.41) is 12.6. The van der Waals surface area contributed by atoms with Crippen LogP contribution in [0.3, 0.4) is 0 Å². The molecule has 134 valence electrons. The highest BCUT2D eigenvalue weighted by Crippen LogP contribution is 2.12. The third-order valence-corrected chi connectivity index (χ3v) is 3.76. The fraction of sp³-hybridized carbons (Fsp3) is 0.350. The van der Waals surface area contributed by atoms with E-state index in [-0.39, 0.29) is 19.1 Å². The summed E-state index contributed by atoms with van der Waals surface area (Å²) in [4.78, 5) is 11.9. The van der Waals surface area contributed by atoms with Crippen molar-refractivity contribution < 1.29 is 19.4 Å². The molecule has 0 fully saturated rings. The van der Waals surface area contributed by atoms with Crippen LogP contribution in [0, 0.1) is 6.92 Å². The number of carbonyl (C=O) groups excluding carboxylic acids is 1. The van der Waals surface area contributed by atoms with Crippen LogP contribution in [0.5, 0.6) is 5.75 Å². The lowest BCUT2D eigenvalue weighted by Gasteiger charge is -2.13. The number of ether oxygens (including phenoxy) is 2. The smallest absolute Gasteiger partial charge is 0.224 e. The third kappa shape index (κ3) is 6.95. The number of rotatable bonds is 9. The normalized spacial score (nSPS) is 11.8. The van der Waals surface area contributed by atoms with Gasteiger partial charge in [0.2, 0.25) is 5.91 Å². The number of aliphatic hydroxyl groups excluding tert-OH is 1. The second-order valence-corrected chi connectivity index (χ2v) is 5.98. The first-order valence-corrected chi connectivity index (χ1v) is 8.28. The first-order chi connectivity index (χ1) is 12.1. The molecule has 0 saturated heterocycles. The summed E-state index contributed by atoms with van der Waals surface area (Å²) in [6, 6.07) is 15.4. The number of methoxy groups -OCH3 is 1. The lowest BCUT2D eigenvalue weighted by molar-refractivity contribution is -0.121. The molecule has 0 radical (unpaired) electrons. The predicted octanol–water partition coefficient (Wildman–Crippen LogP) is 2.24. The van der Waals surface area contributed by atoms with Gasteiger partial charge in [-0.25, -0.2) is 0 Å². The lowest BCUT2D eigenvalue weighted by Crippen LogP contribution is -2.35. The second kappa shape index (κ2) is 9.81. The highest BCUT2D eigenvalue weighted by atomic mass is 16.5. The van der Waals surface area contributed by atoms with Gasteiger partial charge in [-0.3, -0.25) is 4.79 Å². The average Bonchev–Trinajstić information content (AvgIpc) is 2.62. The van der Waals surface area contributed by atoms with E-state index >= 15 is 0 Å². The van der Waals surface area contributed by atoms with Crippen LogP contribution in [0.2, 0.25) is 0 Å². The van der Waals surface area contributed by atoms with Crippen molar-refractivity contribution in [3.63, 3.8) is 0 Å². The van der Waals surface area contributed by atoms with Crippen LogP contribution in [-0.4, -0.2) is 37.4 Å². The summed E-state index contributed by atoms with van der Waals surface area (Å²) >= 11 is 0. The summed E-state index contributed by atoms with van der Waals surface area (Å²) in [7, 11) is 1.62. The number of hydrogen-bond donors (Lipinski definition) is 2. The fourth-order valence-corrected chi connectivity index (χ4v) is 2.28. The average molecular weight is 343 g/mol. The van der Waals surface area contributed by atoms with Crippen molar-refractivity contribution in [1.29, 1.82) is 0 Å². The van der Waals surface area contributed by atoms with Gasteiger partial charge in [-0.15, -0.1) is 0 Å². The Balaban J connectivity index is 1.63. The molecule has 0 unspecified atom stereocenters. The molecule has 2 rings (SSSR count). The summed E-state index contributed by atoms with van der Waals surface area (Å²) in [5.41, 5.74) is 3.11. The maximum Gasteiger partial charge on any atom is 0.224 e. The SMILES string of the molecule is COc1ccc(COC[C@@H](O)CNC(=O)Cc2ccc(C)cc2)cc1. The van der Waals surface area contributed by atoms with E-state index in [1.54, 1.807) is 7.11 Å². The van der Waals surface area contributed by atoms with Crippen LogP contribution in [-0.2, 0) is 22.6 Å². The monoisotopic (exact) mass is 343 g/mol. The van der Waals surface area contributed by atoms with Crippen LogP contribution in [0.15, 0.2) is 48.5 Å². The van der Waals surface area contributed by atoms with Gasteiger partial charge in [0.05, 0.1) is 32.8 Å². The number of carbonyl (C=O) groups is 1. The largest absolute Gasteiger partial charge is 0.497 e. The van der Waals surface area contributed by atoms with E-state index < -0.39 is 6.10 Å². The van der Waals surface area contributed by atoms with Gasteiger partial charge < -0.3 is 19.9 Å². The van der Waals surface area contributed by atoms with Gasteiger partial charge in [0.1, 0.15) is 5.75 Å². The predicted molar refractivity (Wildman–Crippen MR) is 96.5 cm³/mol. The first-order valence-electron chi connectivity index (χ1n) is 8.28. The number of aliphatic hydroxyl groups is 1. The van der Waals surface area contributed by atoms with Gasteiger partial charge in [-0.1, -0.05) is 42.0 Å². The van der Waals surface area contributed by atoms with E-state index in [9.17, 15) is 9.90 Å². The van der Waals surface area contributed by atoms with Crippen molar-refractivity contribution in [2.24, 2.45) is 0 Å². The highest BCUT2D eigenvalue weighted by molar-refractivity contribution is 5.78. The molecule has 2 aromatic rings. The number of nitrogens with one attached hydrogen (secondary N) is 1. The maximum atomic E-state index is 11.9. The first kappa shape index (κ1) is 19.0. The quantitative estimate of drug-likeness (QED) is 0.733. The molecule has 2 N–H and O–H groups in total. The molecule has 2 aromatic carbocycles. The zero-order valence-corrected chi connectivity index (χ0v) is 14.7. The molecule has 0 aliphatic rings. The van der Waals surface area contributed by atoms with Crippen molar-refractivity contribution in [1.82, 2.24) is 5.32 Å². The Hall–Kier alpha value is -2.37. The molecule has 0 bridgehead atoms. The number of amides is 1. The molecule has 0 aliphatic carbocycles. The van der Waals surface area contributed by atoms with Crippen LogP contribution in [0.25, 0.3) is 0 Å². The maximum absolute atomic E-state index is 11.9. The molecule has 1 amide bonds. The Kier molecular flexibility index (Phi) is 7.44. The minimum absolute atomic E-state index is 0.113. The summed E-state index contributed by atoms with van der Waals surface area (Å²) in [6.07, 6.45) is -0.431. The number of hydrogen-bond acceptors (Lipinski definition) is 4. The molecular formula is C20H25NO4. The van der Waals surface area contributed by atoms with Crippen LogP contribution in [0.1, 0.15) is 16.7 Å². The Bertz CT molecular complexity index is 652. The lowest BCUT2D eigenvalue weighted by atomic mass is 10.1. The Morgan fingerprint density at radius 2 is 1.72 bits per heavy atom. The van der Waals surface area contributed by atoms with Crippen molar-refractivity contribution in [2.45, 2.75) is 26.1 Å². The summed E-state index contributed by atoms with van der Waals surface area (Å²) in [5.74, 6) is 0.679. The fourth-order valence-electron chi connectivity index (χ4n) is 2.28. The Morgan fingerprint density at radius 1 is 1.08 bits per heavy atom. The Labute approximate surface area is 148 Å². The molecule has 0 aromatic heterocycles. The standard InChI is InChI=1S/C20H25NO4/c1-15-3-5-16(6-4-15)11-20(23)21-12-18(22)14-25-13-17-7-9-19(24-2)10-8-17/h3-10,18,22H,11-14H2,1-2H3,(H,21,23)/t18-/m0/s1. The molecule has 1 atom stereocenters. The van der Waals surface area contributed by atoms with E-state index in [1.807, 2.05) is 55.5 Å². The van der Waals surface area contributed by atoms with E-state index in [0.717, 1.165) is 22.4 Å². The zero-order valence-electron chi connectivity index (χ0n) is 14.7. The number of aryl methyl sites for hydroxylation is 1. The van der Waals surface area contributed by atoms with Crippen LogP contribution >= 0.6 is 0 Å². The van der Waals surface area contributed by atoms with E-state index in [4.69, 9.17) is 9.47 Å². The van der Waals surface area contributed by atoms with Crippen molar-refractivity contribution in [2.75, 3.05) is 20.3 Å². The molecule has 0 aliphatic heterocycles. The van der Waals surface area contributed by atoms with E-state index in [0.29, 0.717) is 13.0 Å².